The molecule has 0 radical (unpaired) electrons. The molecule has 2 amide bonds. The topological polar surface area (TPSA) is 43.9 Å². The van der Waals surface area contributed by atoms with Crippen molar-refractivity contribution < 1.29 is 9.59 Å². The average Bonchev–Trinajstić information content (AvgIpc) is 3.09. The monoisotopic (exact) mass is 375 g/mol. The molecule has 0 aliphatic carbocycles. The minimum Gasteiger partial charge on any atom is -0.340 e. The van der Waals surface area contributed by atoms with Crippen molar-refractivity contribution in [3.05, 3.63) is 40.9 Å². The molecule has 2 aliphatic rings. The van der Waals surface area contributed by atoms with E-state index in [0.29, 0.717) is 31.1 Å². The zero-order valence-electron chi connectivity index (χ0n) is 15.1. The summed E-state index contributed by atoms with van der Waals surface area (Å²) < 4.78 is 0. The van der Waals surface area contributed by atoms with Crippen LogP contribution in [0.3, 0.4) is 0 Å². The van der Waals surface area contributed by atoms with E-state index in [4.69, 9.17) is 11.6 Å². The summed E-state index contributed by atoms with van der Waals surface area (Å²) in [6.45, 7) is 5.69. The van der Waals surface area contributed by atoms with Crippen molar-refractivity contribution >= 4 is 29.5 Å². The molecule has 5 nitrogen and oxygen atoms in total. The normalized spacial score (nSPS) is 19.3. The van der Waals surface area contributed by atoms with Crippen molar-refractivity contribution in [3.63, 3.8) is 0 Å². The molecule has 0 bridgehead atoms. The van der Waals surface area contributed by atoms with Gasteiger partial charge in [-0.25, -0.2) is 0 Å². The molecule has 2 heterocycles. The smallest absolute Gasteiger partial charge is 0.246 e. The van der Waals surface area contributed by atoms with Crippen molar-refractivity contribution in [3.8, 4) is 0 Å². The van der Waals surface area contributed by atoms with Gasteiger partial charge in [0.1, 0.15) is 0 Å². The second kappa shape index (κ2) is 9.19. The van der Waals surface area contributed by atoms with Crippen LogP contribution in [0.5, 0.6) is 0 Å². The SMILES string of the molecule is O=C(/C=C/c1ccc(Cl)cc1)N1CCC(=O)N(CCN2CCCC2)CC1. The predicted molar refractivity (Wildman–Crippen MR) is 104 cm³/mol. The van der Waals surface area contributed by atoms with Crippen molar-refractivity contribution in [2.24, 2.45) is 0 Å². The largest absolute Gasteiger partial charge is 0.340 e. The highest BCUT2D eigenvalue weighted by molar-refractivity contribution is 6.30. The molecule has 2 saturated heterocycles. The van der Waals surface area contributed by atoms with E-state index in [9.17, 15) is 9.59 Å². The first-order valence-electron chi connectivity index (χ1n) is 9.34. The Kier molecular flexibility index (Phi) is 6.69. The van der Waals surface area contributed by atoms with E-state index >= 15 is 0 Å². The van der Waals surface area contributed by atoms with E-state index in [1.807, 2.05) is 17.0 Å². The van der Waals surface area contributed by atoms with E-state index in [2.05, 4.69) is 4.90 Å². The number of benzene rings is 1. The van der Waals surface area contributed by atoms with Gasteiger partial charge in [-0.15, -0.1) is 0 Å². The Morgan fingerprint density at radius 3 is 2.46 bits per heavy atom. The number of carbonyl (C=O) groups is 2. The van der Waals surface area contributed by atoms with Crippen molar-refractivity contribution in [1.82, 2.24) is 14.7 Å². The third-order valence-corrected chi connectivity index (χ3v) is 5.32. The summed E-state index contributed by atoms with van der Waals surface area (Å²) in [7, 11) is 0. The lowest BCUT2D eigenvalue weighted by atomic mass is 10.2. The third-order valence-electron chi connectivity index (χ3n) is 5.07. The zero-order valence-corrected chi connectivity index (χ0v) is 15.8. The summed E-state index contributed by atoms with van der Waals surface area (Å²) in [4.78, 5) is 30.9. The molecule has 6 heteroatoms. The lowest BCUT2D eigenvalue weighted by Gasteiger charge is -2.24. The minimum absolute atomic E-state index is 0.0471. The summed E-state index contributed by atoms with van der Waals surface area (Å²) in [5.41, 5.74) is 0.931. The highest BCUT2D eigenvalue weighted by Gasteiger charge is 2.23. The molecular weight excluding hydrogens is 350 g/mol. The van der Waals surface area contributed by atoms with Crippen LogP contribution in [-0.4, -0.2) is 72.3 Å². The third kappa shape index (κ3) is 5.32. The molecule has 1 aromatic carbocycles. The van der Waals surface area contributed by atoms with Crippen LogP contribution in [0.25, 0.3) is 6.08 Å². The quantitative estimate of drug-likeness (QED) is 0.743. The van der Waals surface area contributed by atoms with Gasteiger partial charge in [0, 0.05) is 50.2 Å². The first-order valence-corrected chi connectivity index (χ1v) is 9.72. The first kappa shape index (κ1) is 18.9. The summed E-state index contributed by atoms with van der Waals surface area (Å²) in [6, 6.07) is 7.35. The Hall–Kier alpha value is -1.85. The fourth-order valence-corrected chi connectivity index (χ4v) is 3.56. The molecule has 0 saturated carbocycles. The van der Waals surface area contributed by atoms with Crippen LogP contribution >= 0.6 is 11.6 Å². The number of likely N-dealkylation sites (tertiary alicyclic amines) is 1. The number of rotatable bonds is 5. The van der Waals surface area contributed by atoms with Gasteiger partial charge in [0.15, 0.2) is 0 Å². The number of halogens is 1. The van der Waals surface area contributed by atoms with Gasteiger partial charge < -0.3 is 14.7 Å². The molecular formula is C20H26ClN3O2. The highest BCUT2D eigenvalue weighted by Crippen LogP contribution is 2.12. The molecule has 3 rings (SSSR count). The van der Waals surface area contributed by atoms with Crippen molar-refractivity contribution in [1.29, 1.82) is 0 Å². The molecule has 1 aromatic rings. The highest BCUT2D eigenvalue weighted by atomic mass is 35.5. The summed E-state index contributed by atoms with van der Waals surface area (Å²) in [5, 5.41) is 0.675. The van der Waals surface area contributed by atoms with E-state index in [1.54, 1.807) is 29.2 Å². The fraction of sp³-hybridized carbons (Fsp3) is 0.500. The van der Waals surface area contributed by atoms with Crippen LogP contribution in [0.1, 0.15) is 24.8 Å². The van der Waals surface area contributed by atoms with Crippen LogP contribution in [-0.2, 0) is 9.59 Å². The number of carbonyl (C=O) groups excluding carboxylic acids is 2. The first-order chi connectivity index (χ1) is 12.6. The van der Waals surface area contributed by atoms with Crippen molar-refractivity contribution in [2.75, 3.05) is 45.8 Å². The fourth-order valence-electron chi connectivity index (χ4n) is 3.44. The molecule has 140 valence electrons. The summed E-state index contributed by atoms with van der Waals surface area (Å²) in [6.07, 6.45) is 6.29. The van der Waals surface area contributed by atoms with Crippen molar-refractivity contribution in [2.45, 2.75) is 19.3 Å². The molecule has 2 fully saturated rings. The molecule has 2 aliphatic heterocycles. The number of hydrogen-bond acceptors (Lipinski definition) is 3. The van der Waals surface area contributed by atoms with Crippen LogP contribution < -0.4 is 0 Å². The van der Waals surface area contributed by atoms with E-state index < -0.39 is 0 Å². The van der Waals surface area contributed by atoms with Gasteiger partial charge >= 0.3 is 0 Å². The van der Waals surface area contributed by atoms with Gasteiger partial charge in [-0.2, -0.15) is 0 Å². The van der Waals surface area contributed by atoms with E-state index in [-0.39, 0.29) is 11.8 Å². The van der Waals surface area contributed by atoms with Crippen LogP contribution in [0, 0.1) is 0 Å². The Bertz CT molecular complexity index is 654. The standard InChI is InChI=1S/C20H26ClN3O2/c21-18-6-3-17(4-7-18)5-8-19(25)23-12-9-20(26)24(16-15-23)14-13-22-10-1-2-11-22/h3-8H,1-2,9-16H2/b8-5+. The number of amides is 2. The maximum absolute atomic E-state index is 12.4. The Labute approximate surface area is 160 Å². The van der Waals surface area contributed by atoms with Gasteiger partial charge in [0.25, 0.3) is 0 Å². The summed E-state index contributed by atoms with van der Waals surface area (Å²) in [5.74, 6) is 0.107. The molecule has 0 N–H and O–H groups in total. The summed E-state index contributed by atoms with van der Waals surface area (Å²) >= 11 is 5.87. The van der Waals surface area contributed by atoms with E-state index in [1.165, 1.54) is 12.8 Å². The predicted octanol–water partition coefficient (Wildman–Crippen LogP) is 2.51. The number of nitrogens with zero attached hydrogens (tertiary/aromatic N) is 3. The maximum atomic E-state index is 12.4. The maximum Gasteiger partial charge on any atom is 0.246 e. The van der Waals surface area contributed by atoms with Crippen LogP contribution in [0.2, 0.25) is 5.02 Å². The lowest BCUT2D eigenvalue weighted by molar-refractivity contribution is -0.130. The van der Waals surface area contributed by atoms with Crippen LogP contribution in [0.15, 0.2) is 30.3 Å². The molecule has 0 spiro atoms. The molecule has 0 atom stereocenters. The second-order valence-electron chi connectivity index (χ2n) is 6.89. The minimum atomic E-state index is -0.0471. The molecule has 26 heavy (non-hydrogen) atoms. The Balaban J connectivity index is 1.50. The molecule has 0 aromatic heterocycles. The van der Waals surface area contributed by atoms with Crippen LogP contribution in [0.4, 0.5) is 0 Å². The van der Waals surface area contributed by atoms with Gasteiger partial charge in [-0.3, -0.25) is 9.59 Å². The molecule has 0 unspecified atom stereocenters. The average molecular weight is 376 g/mol. The van der Waals surface area contributed by atoms with Gasteiger partial charge in [-0.1, -0.05) is 23.7 Å². The Morgan fingerprint density at radius 1 is 1.00 bits per heavy atom. The van der Waals surface area contributed by atoms with Gasteiger partial charge in [0.2, 0.25) is 11.8 Å². The van der Waals surface area contributed by atoms with E-state index in [0.717, 1.165) is 31.7 Å². The second-order valence-corrected chi connectivity index (χ2v) is 7.33. The zero-order chi connectivity index (χ0) is 18.4. The Morgan fingerprint density at radius 2 is 1.73 bits per heavy atom. The number of hydrogen-bond donors (Lipinski definition) is 0. The van der Waals surface area contributed by atoms with Gasteiger partial charge in [-0.05, 0) is 49.7 Å². The lowest BCUT2D eigenvalue weighted by Crippen LogP contribution is -2.39. The van der Waals surface area contributed by atoms with Gasteiger partial charge in [0.05, 0.1) is 0 Å².